The maximum Gasteiger partial charge on any atom is 0.222 e. The molecule has 90 valence electrons. The fourth-order valence-electron chi connectivity index (χ4n) is 1.57. The SMILES string of the molecule is C[C@H](CC(=O)NCc1ccco1)n1cccn1. The van der Waals surface area contributed by atoms with E-state index in [1.165, 1.54) is 0 Å². The Morgan fingerprint density at radius 1 is 1.59 bits per heavy atom. The highest BCUT2D eigenvalue weighted by Crippen LogP contribution is 2.08. The highest BCUT2D eigenvalue weighted by molar-refractivity contribution is 5.76. The van der Waals surface area contributed by atoms with Crippen LogP contribution >= 0.6 is 0 Å². The number of nitrogens with one attached hydrogen (secondary N) is 1. The maximum absolute atomic E-state index is 11.6. The first-order valence-corrected chi connectivity index (χ1v) is 5.54. The quantitative estimate of drug-likeness (QED) is 0.855. The molecule has 2 rings (SSSR count). The van der Waals surface area contributed by atoms with Crippen molar-refractivity contribution in [3.05, 3.63) is 42.6 Å². The van der Waals surface area contributed by atoms with Crippen LogP contribution in [-0.2, 0) is 11.3 Å². The lowest BCUT2D eigenvalue weighted by Gasteiger charge is -2.11. The molecule has 0 fully saturated rings. The van der Waals surface area contributed by atoms with Crippen molar-refractivity contribution in [1.29, 1.82) is 0 Å². The van der Waals surface area contributed by atoms with E-state index in [9.17, 15) is 4.79 Å². The fourth-order valence-corrected chi connectivity index (χ4v) is 1.57. The van der Waals surface area contributed by atoms with Crippen molar-refractivity contribution in [2.24, 2.45) is 0 Å². The number of amides is 1. The van der Waals surface area contributed by atoms with E-state index < -0.39 is 0 Å². The molecule has 5 heteroatoms. The third-order valence-corrected chi connectivity index (χ3v) is 2.50. The van der Waals surface area contributed by atoms with Crippen LogP contribution in [0.3, 0.4) is 0 Å². The van der Waals surface area contributed by atoms with E-state index in [1.54, 1.807) is 23.2 Å². The summed E-state index contributed by atoms with van der Waals surface area (Å²) < 4.78 is 6.90. The molecule has 0 radical (unpaired) electrons. The van der Waals surface area contributed by atoms with Crippen molar-refractivity contribution in [2.45, 2.75) is 25.9 Å². The third-order valence-electron chi connectivity index (χ3n) is 2.50. The topological polar surface area (TPSA) is 60.1 Å². The minimum Gasteiger partial charge on any atom is -0.467 e. The second kappa shape index (κ2) is 5.34. The van der Waals surface area contributed by atoms with Gasteiger partial charge < -0.3 is 9.73 Å². The van der Waals surface area contributed by atoms with Crippen LogP contribution < -0.4 is 5.32 Å². The summed E-state index contributed by atoms with van der Waals surface area (Å²) in [5.74, 6) is 0.745. The molecular formula is C12H15N3O2. The largest absolute Gasteiger partial charge is 0.467 e. The van der Waals surface area contributed by atoms with Crippen LogP contribution in [0.5, 0.6) is 0 Å². The Kier molecular flexibility index (Phi) is 3.59. The molecule has 0 spiro atoms. The van der Waals surface area contributed by atoms with Crippen molar-refractivity contribution >= 4 is 5.91 Å². The van der Waals surface area contributed by atoms with E-state index in [0.29, 0.717) is 13.0 Å². The van der Waals surface area contributed by atoms with Crippen LogP contribution in [-0.4, -0.2) is 15.7 Å². The second-order valence-electron chi connectivity index (χ2n) is 3.90. The summed E-state index contributed by atoms with van der Waals surface area (Å²) in [5.41, 5.74) is 0. The zero-order valence-electron chi connectivity index (χ0n) is 9.67. The van der Waals surface area contributed by atoms with E-state index in [1.807, 2.05) is 25.3 Å². The molecule has 5 nitrogen and oxygen atoms in total. The van der Waals surface area contributed by atoms with Gasteiger partial charge in [0.05, 0.1) is 18.8 Å². The number of aromatic nitrogens is 2. The van der Waals surface area contributed by atoms with Gasteiger partial charge in [-0.2, -0.15) is 5.10 Å². The molecule has 0 aromatic carbocycles. The molecule has 0 aliphatic heterocycles. The number of hydrogen-bond donors (Lipinski definition) is 1. The van der Waals surface area contributed by atoms with Gasteiger partial charge >= 0.3 is 0 Å². The van der Waals surface area contributed by atoms with Crippen molar-refractivity contribution < 1.29 is 9.21 Å². The number of carbonyl (C=O) groups is 1. The van der Waals surface area contributed by atoms with Crippen molar-refractivity contribution in [2.75, 3.05) is 0 Å². The lowest BCUT2D eigenvalue weighted by Crippen LogP contribution is -2.25. The number of furan rings is 1. The van der Waals surface area contributed by atoms with Crippen molar-refractivity contribution in [1.82, 2.24) is 15.1 Å². The monoisotopic (exact) mass is 233 g/mol. The standard InChI is InChI=1S/C12H15N3O2/c1-10(15-6-3-5-14-15)8-12(16)13-9-11-4-2-7-17-11/h2-7,10H,8-9H2,1H3,(H,13,16)/t10-/m1/s1. The lowest BCUT2D eigenvalue weighted by atomic mass is 10.2. The fraction of sp³-hybridized carbons (Fsp3) is 0.333. The van der Waals surface area contributed by atoms with E-state index in [4.69, 9.17) is 4.42 Å². The molecule has 0 aliphatic carbocycles. The first kappa shape index (κ1) is 11.4. The highest BCUT2D eigenvalue weighted by atomic mass is 16.3. The van der Waals surface area contributed by atoms with E-state index in [2.05, 4.69) is 10.4 Å². The predicted octanol–water partition coefficient (Wildman–Crippen LogP) is 1.74. The van der Waals surface area contributed by atoms with Gasteiger partial charge in [0.15, 0.2) is 0 Å². The molecule has 1 amide bonds. The van der Waals surface area contributed by atoms with Crippen molar-refractivity contribution in [3.8, 4) is 0 Å². The zero-order valence-corrected chi connectivity index (χ0v) is 9.67. The van der Waals surface area contributed by atoms with E-state index in [-0.39, 0.29) is 11.9 Å². The van der Waals surface area contributed by atoms with Gasteiger partial charge in [-0.3, -0.25) is 9.48 Å². The maximum atomic E-state index is 11.6. The van der Waals surface area contributed by atoms with Gasteiger partial charge in [-0.05, 0) is 25.1 Å². The lowest BCUT2D eigenvalue weighted by molar-refractivity contribution is -0.122. The van der Waals surface area contributed by atoms with Gasteiger partial charge in [-0.15, -0.1) is 0 Å². The minimum absolute atomic E-state index is 0.00981. The van der Waals surface area contributed by atoms with Gasteiger partial charge in [0.2, 0.25) is 5.91 Å². The summed E-state index contributed by atoms with van der Waals surface area (Å²) in [6.07, 6.45) is 5.55. The number of nitrogens with zero attached hydrogens (tertiary/aromatic N) is 2. The van der Waals surface area contributed by atoms with Gasteiger partial charge in [0, 0.05) is 18.8 Å². The molecule has 0 bridgehead atoms. The average molecular weight is 233 g/mol. The number of carbonyl (C=O) groups excluding carboxylic acids is 1. The van der Waals surface area contributed by atoms with Crippen LogP contribution in [0.4, 0.5) is 0 Å². The molecule has 0 aliphatic rings. The molecule has 2 aromatic heterocycles. The van der Waals surface area contributed by atoms with Gasteiger partial charge in [0.25, 0.3) is 0 Å². The van der Waals surface area contributed by atoms with Crippen LogP contribution in [0.1, 0.15) is 25.1 Å². The second-order valence-corrected chi connectivity index (χ2v) is 3.90. The van der Waals surface area contributed by atoms with E-state index in [0.717, 1.165) is 5.76 Å². The Hall–Kier alpha value is -2.04. The molecule has 2 aromatic rings. The minimum atomic E-state index is -0.00981. The third kappa shape index (κ3) is 3.21. The Labute approximate surface area is 99.4 Å². The summed E-state index contributed by atoms with van der Waals surface area (Å²) in [6, 6.07) is 5.53. The predicted molar refractivity (Wildman–Crippen MR) is 62.1 cm³/mol. The first-order valence-electron chi connectivity index (χ1n) is 5.54. The van der Waals surface area contributed by atoms with Gasteiger partial charge in [-0.1, -0.05) is 0 Å². The van der Waals surface area contributed by atoms with Crippen LogP contribution in [0.2, 0.25) is 0 Å². The smallest absolute Gasteiger partial charge is 0.222 e. The summed E-state index contributed by atoms with van der Waals surface area (Å²) in [5, 5.41) is 6.90. The molecule has 1 atom stereocenters. The molecule has 0 unspecified atom stereocenters. The highest BCUT2D eigenvalue weighted by Gasteiger charge is 2.10. The summed E-state index contributed by atoms with van der Waals surface area (Å²) in [4.78, 5) is 11.6. The van der Waals surface area contributed by atoms with Gasteiger partial charge in [0.1, 0.15) is 5.76 Å². The van der Waals surface area contributed by atoms with Crippen LogP contribution in [0, 0.1) is 0 Å². The van der Waals surface area contributed by atoms with Crippen LogP contribution in [0.25, 0.3) is 0 Å². The Bertz CT molecular complexity index is 448. The normalized spacial score (nSPS) is 12.3. The van der Waals surface area contributed by atoms with E-state index >= 15 is 0 Å². The Morgan fingerprint density at radius 2 is 2.47 bits per heavy atom. The number of rotatable bonds is 5. The van der Waals surface area contributed by atoms with Crippen molar-refractivity contribution in [3.63, 3.8) is 0 Å². The van der Waals surface area contributed by atoms with Gasteiger partial charge in [-0.25, -0.2) is 0 Å². The molecule has 17 heavy (non-hydrogen) atoms. The average Bonchev–Trinajstić information content (AvgIpc) is 2.99. The molecule has 1 N–H and O–H groups in total. The molecular weight excluding hydrogens is 218 g/mol. The molecule has 0 saturated carbocycles. The Morgan fingerprint density at radius 3 is 3.12 bits per heavy atom. The van der Waals surface area contributed by atoms with Crippen LogP contribution in [0.15, 0.2) is 41.3 Å². The summed E-state index contributed by atoms with van der Waals surface area (Å²) >= 11 is 0. The zero-order chi connectivity index (χ0) is 12.1. The molecule has 2 heterocycles. The molecule has 0 saturated heterocycles. The first-order chi connectivity index (χ1) is 8.25. The number of hydrogen-bond acceptors (Lipinski definition) is 3. The summed E-state index contributed by atoms with van der Waals surface area (Å²) in [6.45, 7) is 2.39. The summed E-state index contributed by atoms with van der Waals surface area (Å²) in [7, 11) is 0. The Balaban J connectivity index is 1.77.